The van der Waals surface area contributed by atoms with Crippen LogP contribution >= 0.6 is 0 Å². The lowest BCUT2D eigenvalue weighted by Gasteiger charge is -2.20. The molecule has 0 fully saturated rings. The highest BCUT2D eigenvalue weighted by Crippen LogP contribution is 2.19. The second kappa shape index (κ2) is 5.12. The monoisotopic (exact) mass is 253 g/mol. The molecule has 2 rings (SSSR count). The third-order valence-corrected chi connectivity index (χ3v) is 3.04. The Morgan fingerprint density at radius 3 is 2.53 bits per heavy atom. The van der Waals surface area contributed by atoms with Gasteiger partial charge in [-0.25, -0.2) is 4.68 Å². The van der Waals surface area contributed by atoms with Gasteiger partial charge in [-0.15, -0.1) is 0 Å². The molecule has 0 unspecified atom stereocenters. The first-order chi connectivity index (χ1) is 8.86. The maximum atomic E-state index is 6.00. The van der Waals surface area contributed by atoms with Crippen LogP contribution in [0.4, 0.5) is 5.82 Å². The molecule has 0 saturated carbocycles. The fourth-order valence-corrected chi connectivity index (χ4v) is 2.13. The third kappa shape index (κ3) is 3.40. The molecule has 19 heavy (non-hydrogen) atoms. The van der Waals surface area contributed by atoms with Crippen molar-refractivity contribution in [3.63, 3.8) is 0 Å². The number of nitrogens with zero attached hydrogens (tertiary/aromatic N) is 2. The van der Waals surface area contributed by atoms with E-state index in [0.717, 1.165) is 29.8 Å². The van der Waals surface area contributed by atoms with Crippen molar-refractivity contribution in [3.8, 4) is 0 Å². The molecular formula is C15H20BN3. The van der Waals surface area contributed by atoms with Gasteiger partial charge in [0.25, 0.3) is 0 Å². The molecule has 0 aliphatic carbocycles. The predicted molar refractivity (Wildman–Crippen MR) is 80.9 cm³/mol. The van der Waals surface area contributed by atoms with Crippen LogP contribution in [-0.4, -0.2) is 17.6 Å². The Hall–Kier alpha value is -1.71. The van der Waals surface area contributed by atoms with Gasteiger partial charge in [-0.2, -0.15) is 5.10 Å². The van der Waals surface area contributed by atoms with Gasteiger partial charge in [0.05, 0.1) is 11.2 Å². The number of rotatable bonds is 3. The number of anilines is 1. The minimum Gasteiger partial charge on any atom is -0.384 e. The van der Waals surface area contributed by atoms with Crippen molar-refractivity contribution in [2.75, 3.05) is 5.73 Å². The van der Waals surface area contributed by atoms with Crippen LogP contribution in [0, 0.1) is 0 Å². The van der Waals surface area contributed by atoms with E-state index in [1.165, 1.54) is 5.56 Å². The Balaban J connectivity index is 2.09. The third-order valence-electron chi connectivity index (χ3n) is 3.04. The normalized spacial score (nSPS) is 11.7. The number of hydrogen-bond donors (Lipinski definition) is 1. The second-order valence-electron chi connectivity index (χ2n) is 5.89. The molecule has 1 aromatic heterocycles. The number of aryl methyl sites for hydroxylation is 2. The van der Waals surface area contributed by atoms with Crippen LogP contribution in [0.15, 0.2) is 30.3 Å². The highest BCUT2D eigenvalue weighted by atomic mass is 15.3. The Labute approximate surface area is 116 Å². The minimum absolute atomic E-state index is 0.0838. The van der Waals surface area contributed by atoms with Gasteiger partial charge in [0, 0.05) is 6.07 Å². The standard InChI is InChI=1S/C15H20BN3/c1-15(2,3)19-14(17)10-13(18-19)8-7-11-5-4-6-12(16)9-11/h4-6,9-10H,7-8,17H2,1-3H3. The van der Waals surface area contributed by atoms with Crippen molar-refractivity contribution < 1.29 is 0 Å². The highest BCUT2D eigenvalue weighted by Gasteiger charge is 2.17. The molecule has 2 aromatic rings. The zero-order valence-electron chi connectivity index (χ0n) is 11.9. The first kappa shape index (κ1) is 13.7. The second-order valence-corrected chi connectivity index (χ2v) is 5.89. The topological polar surface area (TPSA) is 43.8 Å². The zero-order chi connectivity index (χ0) is 14.0. The van der Waals surface area contributed by atoms with Crippen LogP contribution in [0.25, 0.3) is 0 Å². The molecule has 3 nitrogen and oxygen atoms in total. The Kier molecular flexibility index (Phi) is 3.69. The summed E-state index contributed by atoms with van der Waals surface area (Å²) in [6, 6.07) is 9.92. The molecule has 4 heteroatoms. The Morgan fingerprint density at radius 2 is 1.95 bits per heavy atom. The van der Waals surface area contributed by atoms with E-state index < -0.39 is 0 Å². The zero-order valence-corrected chi connectivity index (χ0v) is 11.9. The molecule has 0 amide bonds. The van der Waals surface area contributed by atoms with Gasteiger partial charge in [0.15, 0.2) is 0 Å². The molecule has 0 aliphatic heterocycles. The Bertz CT molecular complexity index is 567. The SMILES string of the molecule is [B]c1cccc(CCc2cc(N)n(C(C)(C)C)n2)c1. The Morgan fingerprint density at radius 1 is 1.21 bits per heavy atom. The van der Waals surface area contributed by atoms with Gasteiger partial charge in [-0.05, 0) is 39.2 Å². The van der Waals surface area contributed by atoms with Gasteiger partial charge in [-0.1, -0.05) is 29.7 Å². The summed E-state index contributed by atoms with van der Waals surface area (Å²) >= 11 is 0. The summed E-state index contributed by atoms with van der Waals surface area (Å²) in [6.07, 6.45) is 1.79. The summed E-state index contributed by atoms with van der Waals surface area (Å²) in [4.78, 5) is 0. The van der Waals surface area contributed by atoms with Crippen molar-refractivity contribution in [3.05, 3.63) is 41.6 Å². The van der Waals surface area contributed by atoms with Crippen molar-refractivity contribution in [1.82, 2.24) is 9.78 Å². The molecule has 1 aromatic carbocycles. The number of hydrogen-bond acceptors (Lipinski definition) is 2. The minimum atomic E-state index is -0.0838. The van der Waals surface area contributed by atoms with Gasteiger partial charge >= 0.3 is 0 Å². The van der Waals surface area contributed by atoms with Crippen molar-refractivity contribution >= 4 is 19.1 Å². The number of aromatic nitrogens is 2. The van der Waals surface area contributed by atoms with Crippen molar-refractivity contribution in [2.45, 2.75) is 39.2 Å². The molecule has 2 radical (unpaired) electrons. The fraction of sp³-hybridized carbons (Fsp3) is 0.400. The van der Waals surface area contributed by atoms with Crippen LogP contribution in [0.5, 0.6) is 0 Å². The highest BCUT2D eigenvalue weighted by molar-refractivity contribution is 6.32. The largest absolute Gasteiger partial charge is 0.384 e. The fourth-order valence-electron chi connectivity index (χ4n) is 2.13. The lowest BCUT2D eigenvalue weighted by molar-refractivity contribution is 0.359. The van der Waals surface area contributed by atoms with Crippen LogP contribution in [0.2, 0.25) is 0 Å². The van der Waals surface area contributed by atoms with Gasteiger partial charge in [0.1, 0.15) is 13.7 Å². The maximum Gasteiger partial charge on any atom is 0.122 e. The number of benzene rings is 1. The van der Waals surface area contributed by atoms with Gasteiger partial charge in [-0.3, -0.25) is 0 Å². The molecule has 0 saturated heterocycles. The average molecular weight is 253 g/mol. The van der Waals surface area contributed by atoms with Gasteiger partial charge in [0.2, 0.25) is 0 Å². The lowest BCUT2D eigenvalue weighted by atomic mass is 9.93. The maximum absolute atomic E-state index is 6.00. The molecule has 0 atom stereocenters. The first-order valence-electron chi connectivity index (χ1n) is 6.55. The van der Waals surface area contributed by atoms with E-state index in [0.29, 0.717) is 0 Å². The molecule has 2 N–H and O–H groups in total. The van der Waals surface area contributed by atoms with Crippen molar-refractivity contribution in [2.24, 2.45) is 0 Å². The van der Waals surface area contributed by atoms with Crippen molar-refractivity contribution in [1.29, 1.82) is 0 Å². The summed E-state index contributed by atoms with van der Waals surface area (Å²) in [5.74, 6) is 0.718. The summed E-state index contributed by atoms with van der Waals surface area (Å²) in [6.45, 7) is 6.29. The molecule has 1 heterocycles. The van der Waals surface area contributed by atoms with Gasteiger partial charge < -0.3 is 5.73 Å². The van der Waals surface area contributed by atoms with Crippen LogP contribution in [-0.2, 0) is 18.4 Å². The molecule has 0 bridgehead atoms. The quantitative estimate of drug-likeness (QED) is 0.847. The van der Waals surface area contributed by atoms with Crippen LogP contribution < -0.4 is 11.2 Å². The average Bonchev–Trinajstić information content (AvgIpc) is 2.68. The summed E-state index contributed by atoms with van der Waals surface area (Å²) in [7, 11) is 5.77. The molecular weight excluding hydrogens is 233 g/mol. The molecule has 0 aliphatic rings. The van der Waals surface area contributed by atoms with E-state index in [2.05, 4.69) is 31.9 Å². The summed E-state index contributed by atoms with van der Waals surface area (Å²) in [5, 5.41) is 4.58. The first-order valence-corrected chi connectivity index (χ1v) is 6.55. The number of nitrogen functional groups attached to an aromatic ring is 1. The van der Waals surface area contributed by atoms with E-state index in [-0.39, 0.29) is 5.54 Å². The smallest absolute Gasteiger partial charge is 0.122 e. The molecule has 0 spiro atoms. The number of nitrogens with two attached hydrogens (primary N) is 1. The summed E-state index contributed by atoms with van der Waals surface area (Å²) < 4.78 is 1.88. The van der Waals surface area contributed by atoms with E-state index in [4.69, 9.17) is 13.6 Å². The predicted octanol–water partition coefficient (Wildman–Crippen LogP) is 1.80. The van der Waals surface area contributed by atoms with Crippen LogP contribution in [0.3, 0.4) is 0 Å². The van der Waals surface area contributed by atoms with E-state index in [1.54, 1.807) is 0 Å². The lowest BCUT2D eigenvalue weighted by Crippen LogP contribution is -2.24. The van der Waals surface area contributed by atoms with E-state index >= 15 is 0 Å². The molecule has 98 valence electrons. The summed E-state index contributed by atoms with van der Waals surface area (Å²) in [5.41, 5.74) is 8.97. The van der Waals surface area contributed by atoms with E-state index in [9.17, 15) is 0 Å². The van der Waals surface area contributed by atoms with E-state index in [1.807, 2.05) is 28.9 Å². The van der Waals surface area contributed by atoms with Crippen LogP contribution in [0.1, 0.15) is 32.0 Å².